The smallest absolute Gasteiger partial charge is 0.241 e. The van der Waals surface area contributed by atoms with Crippen LogP contribution in [0.15, 0.2) is 53.4 Å². The van der Waals surface area contributed by atoms with Crippen molar-refractivity contribution in [1.82, 2.24) is 9.62 Å². The maximum absolute atomic E-state index is 13.3. The first kappa shape index (κ1) is 21.6. The molecule has 1 saturated heterocycles. The maximum Gasteiger partial charge on any atom is 0.241 e. The highest BCUT2D eigenvalue weighted by atomic mass is 32.2. The first-order valence-electron chi connectivity index (χ1n) is 10.7. The number of hydrogen-bond acceptors (Lipinski definition) is 5. The van der Waals surface area contributed by atoms with E-state index in [9.17, 15) is 13.2 Å². The van der Waals surface area contributed by atoms with Crippen LogP contribution in [0.4, 0.5) is 0 Å². The molecule has 1 N–H and O–H groups in total. The Balaban J connectivity index is 1.57. The zero-order valence-electron chi connectivity index (χ0n) is 17.6. The summed E-state index contributed by atoms with van der Waals surface area (Å²) in [4.78, 5) is 15.1. The van der Waals surface area contributed by atoms with Crippen LogP contribution >= 0.6 is 0 Å². The highest BCUT2D eigenvalue weighted by molar-refractivity contribution is 7.89. The van der Waals surface area contributed by atoms with Crippen LogP contribution in [0, 0.1) is 5.92 Å². The molecule has 2 aromatic carbocycles. The van der Waals surface area contributed by atoms with Gasteiger partial charge in [-0.1, -0.05) is 37.3 Å². The van der Waals surface area contributed by atoms with Crippen LogP contribution in [0.1, 0.15) is 25.3 Å². The van der Waals surface area contributed by atoms with E-state index in [-0.39, 0.29) is 17.2 Å². The van der Waals surface area contributed by atoms with Gasteiger partial charge < -0.3 is 14.4 Å². The van der Waals surface area contributed by atoms with Gasteiger partial charge in [0.1, 0.15) is 19.3 Å². The van der Waals surface area contributed by atoms with Crippen LogP contribution in [0.2, 0.25) is 0 Å². The summed E-state index contributed by atoms with van der Waals surface area (Å²) in [5, 5.41) is 0. The van der Waals surface area contributed by atoms with Crippen molar-refractivity contribution < 1.29 is 22.7 Å². The molecule has 31 heavy (non-hydrogen) atoms. The van der Waals surface area contributed by atoms with Gasteiger partial charge in [-0.3, -0.25) is 4.79 Å². The zero-order chi connectivity index (χ0) is 21.8. The topological polar surface area (TPSA) is 84.9 Å². The largest absolute Gasteiger partial charge is 0.486 e. The van der Waals surface area contributed by atoms with Crippen molar-refractivity contribution >= 4 is 15.9 Å². The molecule has 0 unspecified atom stereocenters. The van der Waals surface area contributed by atoms with Gasteiger partial charge in [0.25, 0.3) is 0 Å². The fourth-order valence-electron chi connectivity index (χ4n) is 3.92. The molecule has 0 aromatic heterocycles. The molecule has 0 spiro atoms. The summed E-state index contributed by atoms with van der Waals surface area (Å²) in [6.45, 7) is 4.27. The van der Waals surface area contributed by atoms with Crippen molar-refractivity contribution in [1.29, 1.82) is 0 Å². The van der Waals surface area contributed by atoms with Crippen LogP contribution < -0.4 is 14.2 Å². The molecule has 4 rings (SSSR count). The van der Waals surface area contributed by atoms with E-state index >= 15 is 0 Å². The number of nitrogens with one attached hydrogen (secondary N) is 1. The van der Waals surface area contributed by atoms with Crippen molar-refractivity contribution in [3.05, 3.63) is 54.1 Å². The minimum atomic E-state index is -3.94. The van der Waals surface area contributed by atoms with Gasteiger partial charge in [0.15, 0.2) is 11.5 Å². The molecule has 8 heteroatoms. The molecule has 7 nitrogen and oxygen atoms in total. The van der Waals surface area contributed by atoms with E-state index in [1.54, 1.807) is 11.0 Å². The SMILES string of the molecule is CC1CCN(C(=O)[C@H](Cc2ccccc2)NS(=O)(=O)c2ccc3c(c2)OCCO3)CC1. The molecule has 2 aromatic rings. The minimum absolute atomic E-state index is 0.0508. The molecule has 0 radical (unpaired) electrons. The number of nitrogens with zero attached hydrogens (tertiary/aromatic N) is 1. The third-order valence-corrected chi connectivity index (χ3v) is 7.27. The molecular weight excluding hydrogens is 416 g/mol. The predicted molar refractivity (Wildman–Crippen MR) is 117 cm³/mol. The van der Waals surface area contributed by atoms with E-state index in [4.69, 9.17) is 9.47 Å². The van der Waals surface area contributed by atoms with E-state index in [2.05, 4.69) is 11.6 Å². The van der Waals surface area contributed by atoms with E-state index in [1.165, 1.54) is 12.1 Å². The number of hydrogen-bond donors (Lipinski definition) is 1. The second-order valence-corrected chi connectivity index (χ2v) is 9.89. The summed E-state index contributed by atoms with van der Waals surface area (Å²) in [5.41, 5.74) is 0.899. The number of likely N-dealkylation sites (tertiary alicyclic amines) is 1. The third kappa shape index (κ3) is 5.19. The second-order valence-electron chi connectivity index (χ2n) is 8.18. The van der Waals surface area contributed by atoms with Crippen LogP contribution in [0.5, 0.6) is 11.5 Å². The number of carbonyl (C=O) groups excluding carboxylic acids is 1. The lowest BCUT2D eigenvalue weighted by atomic mass is 9.98. The Hall–Kier alpha value is -2.58. The molecule has 2 heterocycles. The Labute approximate surface area is 183 Å². The molecular formula is C23H28N2O5S. The summed E-state index contributed by atoms with van der Waals surface area (Å²) >= 11 is 0. The molecule has 0 aliphatic carbocycles. The van der Waals surface area contributed by atoms with E-state index in [0.717, 1.165) is 18.4 Å². The fraction of sp³-hybridized carbons (Fsp3) is 0.435. The van der Waals surface area contributed by atoms with Gasteiger partial charge in [-0.05, 0) is 42.9 Å². The number of fused-ring (bicyclic) bond motifs is 1. The van der Waals surface area contributed by atoms with Crippen LogP contribution in [0.25, 0.3) is 0 Å². The molecule has 0 saturated carbocycles. The highest BCUT2D eigenvalue weighted by Crippen LogP contribution is 2.32. The Kier molecular flexibility index (Phi) is 6.48. The Morgan fingerprint density at radius 3 is 2.45 bits per heavy atom. The summed E-state index contributed by atoms with van der Waals surface area (Å²) in [6.07, 6.45) is 2.15. The summed E-state index contributed by atoms with van der Waals surface area (Å²) in [6, 6.07) is 13.1. The average Bonchev–Trinajstić information content (AvgIpc) is 2.79. The molecule has 166 valence electrons. The van der Waals surface area contributed by atoms with Crippen LogP contribution in [-0.2, 0) is 21.2 Å². The normalized spacial score (nSPS) is 17.9. The molecule has 1 atom stereocenters. The first-order chi connectivity index (χ1) is 14.9. The van der Waals surface area contributed by atoms with Gasteiger partial charge in [0, 0.05) is 19.2 Å². The summed E-state index contributed by atoms with van der Waals surface area (Å²) in [5.74, 6) is 1.30. The third-order valence-electron chi connectivity index (χ3n) is 5.80. The molecule has 2 aliphatic heterocycles. The number of amides is 1. The van der Waals surface area contributed by atoms with Gasteiger partial charge in [-0.15, -0.1) is 0 Å². The maximum atomic E-state index is 13.3. The number of rotatable bonds is 6. The van der Waals surface area contributed by atoms with E-state index < -0.39 is 16.1 Å². The quantitative estimate of drug-likeness (QED) is 0.740. The van der Waals surface area contributed by atoms with Gasteiger partial charge in [-0.25, -0.2) is 8.42 Å². The lowest BCUT2D eigenvalue weighted by molar-refractivity contribution is -0.134. The molecule has 1 fully saturated rings. The highest BCUT2D eigenvalue weighted by Gasteiger charge is 2.31. The van der Waals surface area contributed by atoms with Crippen molar-refractivity contribution in [3.63, 3.8) is 0 Å². The fourth-order valence-corrected chi connectivity index (χ4v) is 5.13. The monoisotopic (exact) mass is 444 g/mol. The molecule has 1 amide bonds. The van der Waals surface area contributed by atoms with Gasteiger partial charge in [0.2, 0.25) is 15.9 Å². The number of piperidine rings is 1. The lowest BCUT2D eigenvalue weighted by Gasteiger charge is -2.33. The van der Waals surface area contributed by atoms with Crippen molar-refractivity contribution in [3.8, 4) is 11.5 Å². The average molecular weight is 445 g/mol. The van der Waals surface area contributed by atoms with Gasteiger partial charge in [0.05, 0.1) is 4.90 Å². The standard InChI is InChI=1S/C23H28N2O5S/c1-17-9-11-25(12-10-17)23(26)20(15-18-5-3-2-4-6-18)24-31(27,28)19-7-8-21-22(16-19)30-14-13-29-21/h2-8,16-17,20,24H,9-15H2,1H3/t20-/m0/s1. The Morgan fingerprint density at radius 2 is 1.74 bits per heavy atom. The number of carbonyl (C=O) groups is 1. The van der Waals surface area contributed by atoms with E-state index in [0.29, 0.717) is 43.7 Å². The van der Waals surface area contributed by atoms with Crippen molar-refractivity contribution in [2.45, 2.75) is 37.1 Å². The van der Waals surface area contributed by atoms with Crippen LogP contribution in [0.3, 0.4) is 0 Å². The number of sulfonamides is 1. The number of ether oxygens (including phenoxy) is 2. The lowest BCUT2D eigenvalue weighted by Crippen LogP contribution is -2.51. The number of benzene rings is 2. The van der Waals surface area contributed by atoms with E-state index in [1.807, 2.05) is 30.3 Å². The Morgan fingerprint density at radius 1 is 1.06 bits per heavy atom. The Bertz CT molecular complexity index is 1020. The van der Waals surface area contributed by atoms with Crippen molar-refractivity contribution in [2.24, 2.45) is 5.92 Å². The minimum Gasteiger partial charge on any atom is -0.486 e. The summed E-state index contributed by atoms with van der Waals surface area (Å²) in [7, 11) is -3.94. The van der Waals surface area contributed by atoms with Crippen molar-refractivity contribution in [2.75, 3.05) is 26.3 Å². The summed E-state index contributed by atoms with van der Waals surface area (Å²) < 4.78 is 40.0. The van der Waals surface area contributed by atoms with Gasteiger partial charge in [-0.2, -0.15) is 4.72 Å². The van der Waals surface area contributed by atoms with Gasteiger partial charge >= 0.3 is 0 Å². The second kappa shape index (κ2) is 9.28. The van der Waals surface area contributed by atoms with Crippen LogP contribution in [-0.4, -0.2) is 51.6 Å². The predicted octanol–water partition coefficient (Wildman–Crippen LogP) is 2.61. The molecule has 0 bridgehead atoms. The first-order valence-corrected chi connectivity index (χ1v) is 12.2. The molecule has 2 aliphatic rings. The zero-order valence-corrected chi connectivity index (χ0v) is 18.4.